The van der Waals surface area contributed by atoms with Crippen molar-refractivity contribution in [3.05, 3.63) is 34.8 Å². The molecule has 2 rings (SSSR count). The molecule has 1 heterocycles. The minimum absolute atomic E-state index is 0.161. The fourth-order valence-electron chi connectivity index (χ4n) is 1.50. The van der Waals surface area contributed by atoms with Gasteiger partial charge in [0.1, 0.15) is 11.6 Å². The van der Waals surface area contributed by atoms with Crippen LogP contribution in [0.5, 0.6) is 0 Å². The van der Waals surface area contributed by atoms with Gasteiger partial charge in [-0.2, -0.15) is 0 Å². The van der Waals surface area contributed by atoms with E-state index >= 15 is 0 Å². The number of aryl methyl sites for hydroxylation is 1. The standard InChI is InChI=1S/C13H16N4O2S/c1-9-3-5-10(6-4-9)14-7-11(18)15-13-17-16-12(20-13)8-19-2/h3-6,14H,7-8H2,1-2H3,(H,15,17,18). The number of rotatable bonds is 6. The molecule has 2 aromatic rings. The van der Waals surface area contributed by atoms with Crippen molar-refractivity contribution in [2.24, 2.45) is 0 Å². The van der Waals surface area contributed by atoms with Crippen LogP contribution in [-0.2, 0) is 16.1 Å². The molecule has 106 valence electrons. The number of nitrogens with zero attached hydrogens (tertiary/aromatic N) is 2. The maximum absolute atomic E-state index is 11.8. The Morgan fingerprint density at radius 1 is 1.30 bits per heavy atom. The van der Waals surface area contributed by atoms with E-state index in [2.05, 4.69) is 20.8 Å². The van der Waals surface area contributed by atoms with Gasteiger partial charge in [0.05, 0.1) is 6.54 Å². The van der Waals surface area contributed by atoms with E-state index in [4.69, 9.17) is 4.74 Å². The van der Waals surface area contributed by atoms with Crippen molar-refractivity contribution in [3.63, 3.8) is 0 Å². The predicted molar refractivity (Wildman–Crippen MR) is 78.9 cm³/mol. The Kier molecular flexibility index (Phi) is 5.03. The largest absolute Gasteiger partial charge is 0.377 e. The molecule has 0 unspecified atom stereocenters. The first kappa shape index (κ1) is 14.4. The highest BCUT2D eigenvalue weighted by atomic mass is 32.1. The first-order chi connectivity index (χ1) is 9.67. The monoisotopic (exact) mass is 292 g/mol. The van der Waals surface area contributed by atoms with Crippen LogP contribution in [0.2, 0.25) is 0 Å². The third kappa shape index (κ3) is 4.29. The molecule has 7 heteroatoms. The highest BCUT2D eigenvalue weighted by molar-refractivity contribution is 7.15. The summed E-state index contributed by atoms with van der Waals surface area (Å²) in [5, 5.41) is 14.7. The van der Waals surface area contributed by atoms with Crippen LogP contribution in [0.15, 0.2) is 24.3 Å². The number of benzene rings is 1. The zero-order chi connectivity index (χ0) is 14.4. The fourth-order valence-corrected chi connectivity index (χ4v) is 2.23. The molecule has 0 fully saturated rings. The van der Waals surface area contributed by atoms with Gasteiger partial charge < -0.3 is 10.1 Å². The lowest BCUT2D eigenvalue weighted by Crippen LogP contribution is -2.21. The molecule has 0 bridgehead atoms. The van der Waals surface area contributed by atoms with Crippen molar-refractivity contribution in [2.75, 3.05) is 24.3 Å². The third-order valence-electron chi connectivity index (χ3n) is 2.49. The van der Waals surface area contributed by atoms with Crippen molar-refractivity contribution in [1.82, 2.24) is 10.2 Å². The highest BCUT2D eigenvalue weighted by Crippen LogP contribution is 2.15. The summed E-state index contributed by atoms with van der Waals surface area (Å²) in [7, 11) is 1.59. The second-order valence-corrected chi connectivity index (χ2v) is 5.26. The normalized spacial score (nSPS) is 10.3. The number of anilines is 2. The lowest BCUT2D eigenvalue weighted by molar-refractivity contribution is -0.114. The van der Waals surface area contributed by atoms with Gasteiger partial charge in [0.2, 0.25) is 11.0 Å². The Morgan fingerprint density at radius 2 is 2.05 bits per heavy atom. The maximum atomic E-state index is 11.8. The van der Waals surface area contributed by atoms with Gasteiger partial charge >= 0.3 is 0 Å². The van der Waals surface area contributed by atoms with Crippen LogP contribution >= 0.6 is 11.3 Å². The molecule has 0 aliphatic heterocycles. The molecule has 0 radical (unpaired) electrons. The van der Waals surface area contributed by atoms with Gasteiger partial charge in [0, 0.05) is 12.8 Å². The number of carbonyl (C=O) groups excluding carboxylic acids is 1. The van der Waals surface area contributed by atoms with Gasteiger partial charge in [-0.1, -0.05) is 29.0 Å². The molecule has 0 atom stereocenters. The van der Waals surface area contributed by atoms with E-state index < -0.39 is 0 Å². The number of hydrogen-bond acceptors (Lipinski definition) is 6. The Bertz CT molecular complexity index is 568. The van der Waals surface area contributed by atoms with Crippen LogP contribution in [0, 0.1) is 6.92 Å². The molecule has 0 saturated carbocycles. The van der Waals surface area contributed by atoms with E-state index in [9.17, 15) is 4.79 Å². The predicted octanol–water partition coefficient (Wildman–Crippen LogP) is 2.04. The molecule has 0 aliphatic rings. The van der Waals surface area contributed by atoms with Gasteiger partial charge in [-0.25, -0.2) is 0 Å². The quantitative estimate of drug-likeness (QED) is 0.852. The smallest absolute Gasteiger partial charge is 0.245 e. The van der Waals surface area contributed by atoms with Gasteiger partial charge in [0.15, 0.2) is 0 Å². The fraction of sp³-hybridized carbons (Fsp3) is 0.308. The molecule has 6 nitrogen and oxygen atoms in total. The van der Waals surface area contributed by atoms with Crippen LogP contribution in [-0.4, -0.2) is 29.8 Å². The zero-order valence-corrected chi connectivity index (χ0v) is 12.2. The maximum Gasteiger partial charge on any atom is 0.245 e. The van der Waals surface area contributed by atoms with Crippen LogP contribution in [0.3, 0.4) is 0 Å². The third-order valence-corrected chi connectivity index (χ3v) is 3.30. The molecule has 2 N–H and O–H groups in total. The minimum Gasteiger partial charge on any atom is -0.377 e. The Labute approximate surface area is 121 Å². The number of amides is 1. The van der Waals surface area contributed by atoms with E-state index in [0.717, 1.165) is 10.7 Å². The van der Waals surface area contributed by atoms with Crippen LogP contribution in [0.1, 0.15) is 10.6 Å². The summed E-state index contributed by atoms with van der Waals surface area (Å²) in [6.45, 7) is 2.60. The molecule has 0 spiro atoms. The first-order valence-corrected chi connectivity index (χ1v) is 6.91. The van der Waals surface area contributed by atoms with Crippen molar-refractivity contribution >= 4 is 28.1 Å². The van der Waals surface area contributed by atoms with E-state index in [1.165, 1.54) is 16.9 Å². The van der Waals surface area contributed by atoms with Crippen molar-refractivity contribution in [2.45, 2.75) is 13.5 Å². The van der Waals surface area contributed by atoms with Gasteiger partial charge in [-0.05, 0) is 19.1 Å². The summed E-state index contributed by atoms with van der Waals surface area (Å²) in [6, 6.07) is 7.85. The average molecular weight is 292 g/mol. The molecule has 1 aromatic heterocycles. The van der Waals surface area contributed by atoms with Crippen LogP contribution < -0.4 is 10.6 Å². The van der Waals surface area contributed by atoms with E-state index in [1.807, 2.05) is 31.2 Å². The van der Waals surface area contributed by atoms with Crippen molar-refractivity contribution in [3.8, 4) is 0 Å². The van der Waals surface area contributed by atoms with Gasteiger partial charge in [-0.15, -0.1) is 10.2 Å². The summed E-state index contributed by atoms with van der Waals surface area (Å²) in [5.41, 5.74) is 2.09. The highest BCUT2D eigenvalue weighted by Gasteiger charge is 2.07. The minimum atomic E-state index is -0.161. The topological polar surface area (TPSA) is 76.1 Å². The number of hydrogen-bond donors (Lipinski definition) is 2. The number of ether oxygens (including phenoxy) is 1. The van der Waals surface area contributed by atoms with Crippen LogP contribution in [0.25, 0.3) is 0 Å². The molecule has 20 heavy (non-hydrogen) atoms. The van der Waals surface area contributed by atoms with Gasteiger partial charge in [0.25, 0.3) is 0 Å². The second-order valence-electron chi connectivity index (χ2n) is 4.20. The Hall–Kier alpha value is -1.99. The van der Waals surface area contributed by atoms with Crippen molar-refractivity contribution in [1.29, 1.82) is 0 Å². The lowest BCUT2D eigenvalue weighted by atomic mass is 10.2. The van der Waals surface area contributed by atoms with Crippen molar-refractivity contribution < 1.29 is 9.53 Å². The molecule has 0 aliphatic carbocycles. The number of nitrogens with one attached hydrogen (secondary N) is 2. The molecular weight excluding hydrogens is 276 g/mol. The van der Waals surface area contributed by atoms with E-state index in [1.54, 1.807) is 7.11 Å². The van der Waals surface area contributed by atoms with Crippen LogP contribution in [0.4, 0.5) is 10.8 Å². The molecule has 1 amide bonds. The number of aromatic nitrogens is 2. The summed E-state index contributed by atoms with van der Waals surface area (Å²) in [6.07, 6.45) is 0. The molecule has 0 saturated heterocycles. The average Bonchev–Trinajstić information content (AvgIpc) is 2.86. The van der Waals surface area contributed by atoms with Gasteiger partial charge in [-0.3, -0.25) is 10.1 Å². The summed E-state index contributed by atoms with van der Waals surface area (Å²) in [5.74, 6) is -0.161. The van der Waals surface area contributed by atoms with E-state index in [0.29, 0.717) is 11.7 Å². The Morgan fingerprint density at radius 3 is 2.75 bits per heavy atom. The number of carbonyl (C=O) groups is 1. The molecular formula is C13H16N4O2S. The molecule has 1 aromatic carbocycles. The Balaban J connectivity index is 1.81. The SMILES string of the molecule is COCc1nnc(NC(=O)CNc2ccc(C)cc2)s1. The summed E-state index contributed by atoms with van der Waals surface area (Å²) < 4.78 is 4.94. The van der Waals surface area contributed by atoms with E-state index in [-0.39, 0.29) is 12.5 Å². The summed E-state index contributed by atoms with van der Waals surface area (Å²) in [4.78, 5) is 11.8. The second kappa shape index (κ2) is 6.97. The first-order valence-electron chi connectivity index (χ1n) is 6.09. The number of methoxy groups -OCH3 is 1. The lowest BCUT2D eigenvalue weighted by Gasteiger charge is -2.05. The summed E-state index contributed by atoms with van der Waals surface area (Å²) >= 11 is 1.30. The zero-order valence-electron chi connectivity index (χ0n) is 11.3.